The summed E-state index contributed by atoms with van der Waals surface area (Å²) in [5.41, 5.74) is 9.95. The number of carbonyl (C=O) groups is 1. The van der Waals surface area contributed by atoms with Crippen molar-refractivity contribution in [2.75, 3.05) is 19.3 Å². The quantitative estimate of drug-likeness (QED) is 0.612. The van der Waals surface area contributed by atoms with Crippen LogP contribution in [0.5, 0.6) is 0 Å². The van der Waals surface area contributed by atoms with E-state index in [-0.39, 0.29) is 5.91 Å². The zero-order valence-electron chi connectivity index (χ0n) is 15.4. The smallest absolute Gasteiger partial charge is 0.251 e. The molecule has 0 saturated carbocycles. The molecule has 3 rings (SSSR count). The van der Waals surface area contributed by atoms with Crippen LogP contribution < -0.4 is 11.1 Å². The molecule has 0 aliphatic rings. The summed E-state index contributed by atoms with van der Waals surface area (Å²) in [4.78, 5) is 12.2. The lowest BCUT2D eigenvalue weighted by atomic mass is 9.83. The van der Waals surface area contributed by atoms with Gasteiger partial charge in [-0.25, -0.2) is 0 Å². The van der Waals surface area contributed by atoms with Gasteiger partial charge in [-0.2, -0.15) is 0 Å². The molecule has 0 aliphatic heterocycles. The van der Waals surface area contributed by atoms with Crippen molar-refractivity contribution in [2.24, 2.45) is 5.73 Å². The molecular weight excluding hydrogens is 352 g/mol. The number of thioether (sulfide) groups is 1. The Morgan fingerprint density at radius 1 is 0.889 bits per heavy atom. The Labute approximate surface area is 165 Å². The van der Waals surface area contributed by atoms with Crippen LogP contribution in [-0.2, 0) is 4.75 Å². The molecule has 138 valence electrons. The van der Waals surface area contributed by atoms with E-state index < -0.39 is 4.75 Å². The Balaban J connectivity index is 2.28. The van der Waals surface area contributed by atoms with Crippen LogP contribution in [0.25, 0.3) is 0 Å². The fourth-order valence-corrected chi connectivity index (χ4v) is 4.65. The largest absolute Gasteiger partial charge is 0.355 e. The maximum atomic E-state index is 12.2. The second-order valence-electron chi connectivity index (χ2n) is 6.21. The average Bonchev–Trinajstić information content (AvgIpc) is 2.75. The summed E-state index contributed by atoms with van der Waals surface area (Å²) in [5, 5.41) is 2.72. The first-order chi connectivity index (χ1) is 13.2. The Kier molecular flexibility index (Phi) is 6.32. The monoisotopic (exact) mass is 376 g/mol. The van der Waals surface area contributed by atoms with Gasteiger partial charge in [-0.15, -0.1) is 11.8 Å². The van der Waals surface area contributed by atoms with Gasteiger partial charge in [-0.1, -0.05) is 72.8 Å². The van der Waals surface area contributed by atoms with Gasteiger partial charge in [0, 0.05) is 24.9 Å². The van der Waals surface area contributed by atoms with E-state index in [1.807, 2.05) is 30.3 Å². The van der Waals surface area contributed by atoms with Crippen molar-refractivity contribution in [3.63, 3.8) is 0 Å². The van der Waals surface area contributed by atoms with Crippen molar-refractivity contribution in [2.45, 2.75) is 4.75 Å². The molecule has 3 N–H and O–H groups in total. The first-order valence-electron chi connectivity index (χ1n) is 9.00. The normalized spacial score (nSPS) is 11.2. The topological polar surface area (TPSA) is 55.1 Å². The third-order valence-corrected chi connectivity index (χ3v) is 6.14. The lowest BCUT2D eigenvalue weighted by Gasteiger charge is -2.35. The summed E-state index contributed by atoms with van der Waals surface area (Å²) in [7, 11) is 1.65. The van der Waals surface area contributed by atoms with Crippen LogP contribution in [0.4, 0.5) is 0 Å². The van der Waals surface area contributed by atoms with Gasteiger partial charge in [0.05, 0.1) is 4.75 Å². The number of nitrogens with one attached hydrogen (secondary N) is 1. The standard InChI is InChI=1S/C23H24N2OS/c1-25-22(26)18-9-8-14-21(17-18)23(27-16-15-24,19-10-4-2-5-11-19)20-12-6-3-7-13-20/h2-14,17H,15-16,24H2,1H3,(H,25,26). The maximum absolute atomic E-state index is 12.2. The predicted molar refractivity (Wildman–Crippen MR) is 114 cm³/mol. The zero-order chi connectivity index (χ0) is 19.1. The van der Waals surface area contributed by atoms with Crippen molar-refractivity contribution in [1.29, 1.82) is 0 Å². The molecule has 0 atom stereocenters. The number of nitrogens with two attached hydrogens (primary N) is 1. The van der Waals surface area contributed by atoms with Gasteiger partial charge in [-0.3, -0.25) is 4.79 Å². The molecule has 0 aromatic heterocycles. The summed E-state index contributed by atoms with van der Waals surface area (Å²) in [6.45, 7) is 0.585. The second-order valence-corrected chi connectivity index (χ2v) is 7.52. The average molecular weight is 377 g/mol. The summed E-state index contributed by atoms with van der Waals surface area (Å²) in [6, 6.07) is 28.7. The predicted octanol–water partition coefficient (Wildman–Crippen LogP) is 4.03. The van der Waals surface area contributed by atoms with Crippen molar-refractivity contribution in [3.8, 4) is 0 Å². The molecule has 4 heteroatoms. The van der Waals surface area contributed by atoms with E-state index in [2.05, 4.69) is 59.9 Å². The molecule has 0 unspecified atom stereocenters. The van der Waals surface area contributed by atoms with Gasteiger partial charge in [-0.05, 0) is 28.8 Å². The first-order valence-corrected chi connectivity index (χ1v) is 9.98. The first kappa shape index (κ1) is 19.2. The number of hydrogen-bond acceptors (Lipinski definition) is 3. The summed E-state index contributed by atoms with van der Waals surface area (Å²) >= 11 is 1.80. The summed E-state index contributed by atoms with van der Waals surface area (Å²) < 4.78 is -0.439. The summed E-state index contributed by atoms with van der Waals surface area (Å²) in [5.74, 6) is 0.712. The molecule has 3 aromatic rings. The molecule has 27 heavy (non-hydrogen) atoms. The molecule has 0 bridgehead atoms. The van der Waals surface area contributed by atoms with Crippen LogP contribution in [0, 0.1) is 0 Å². The minimum atomic E-state index is -0.439. The number of carbonyl (C=O) groups excluding carboxylic acids is 1. The third kappa shape index (κ3) is 3.92. The van der Waals surface area contributed by atoms with Gasteiger partial charge in [0.15, 0.2) is 0 Å². The fraction of sp³-hybridized carbons (Fsp3) is 0.174. The SMILES string of the molecule is CNC(=O)c1cccc(C(SCCN)(c2ccccc2)c2ccccc2)c1. The summed E-state index contributed by atoms with van der Waals surface area (Å²) in [6.07, 6.45) is 0. The molecule has 3 nitrogen and oxygen atoms in total. The Morgan fingerprint density at radius 3 is 1.96 bits per heavy atom. The van der Waals surface area contributed by atoms with E-state index in [1.54, 1.807) is 18.8 Å². The van der Waals surface area contributed by atoms with E-state index >= 15 is 0 Å². The van der Waals surface area contributed by atoms with Crippen molar-refractivity contribution < 1.29 is 4.79 Å². The molecule has 0 fully saturated rings. The van der Waals surface area contributed by atoms with Crippen molar-refractivity contribution in [1.82, 2.24) is 5.32 Å². The number of hydrogen-bond donors (Lipinski definition) is 2. The highest BCUT2D eigenvalue weighted by molar-refractivity contribution is 8.00. The molecule has 3 aromatic carbocycles. The van der Waals surface area contributed by atoms with Crippen LogP contribution in [0.15, 0.2) is 84.9 Å². The Morgan fingerprint density at radius 2 is 1.44 bits per heavy atom. The van der Waals surface area contributed by atoms with Crippen LogP contribution >= 0.6 is 11.8 Å². The molecule has 0 radical (unpaired) electrons. The van der Waals surface area contributed by atoms with E-state index in [9.17, 15) is 4.79 Å². The van der Waals surface area contributed by atoms with E-state index in [0.29, 0.717) is 12.1 Å². The molecule has 0 spiro atoms. The number of amides is 1. The Hall–Kier alpha value is -2.56. The maximum Gasteiger partial charge on any atom is 0.251 e. The van der Waals surface area contributed by atoms with Crippen LogP contribution in [0.3, 0.4) is 0 Å². The van der Waals surface area contributed by atoms with Gasteiger partial charge in [0.2, 0.25) is 0 Å². The minimum absolute atomic E-state index is 0.0873. The van der Waals surface area contributed by atoms with Gasteiger partial charge < -0.3 is 11.1 Å². The van der Waals surface area contributed by atoms with Crippen LogP contribution in [-0.4, -0.2) is 25.3 Å². The molecular formula is C23H24N2OS. The van der Waals surface area contributed by atoms with Gasteiger partial charge >= 0.3 is 0 Å². The van der Waals surface area contributed by atoms with Crippen molar-refractivity contribution in [3.05, 3.63) is 107 Å². The fourth-order valence-electron chi connectivity index (χ4n) is 3.33. The second kappa shape index (κ2) is 8.89. The minimum Gasteiger partial charge on any atom is -0.355 e. The molecule has 0 saturated heterocycles. The molecule has 0 aliphatic carbocycles. The number of rotatable bonds is 7. The van der Waals surface area contributed by atoms with E-state index in [1.165, 1.54) is 11.1 Å². The number of benzene rings is 3. The van der Waals surface area contributed by atoms with E-state index in [0.717, 1.165) is 11.3 Å². The van der Waals surface area contributed by atoms with Gasteiger partial charge in [0.1, 0.15) is 0 Å². The molecule has 0 heterocycles. The molecule has 1 amide bonds. The van der Waals surface area contributed by atoms with E-state index in [4.69, 9.17) is 5.73 Å². The van der Waals surface area contributed by atoms with Crippen LogP contribution in [0.1, 0.15) is 27.0 Å². The van der Waals surface area contributed by atoms with Crippen molar-refractivity contribution >= 4 is 17.7 Å². The van der Waals surface area contributed by atoms with Gasteiger partial charge in [0.25, 0.3) is 5.91 Å². The Bertz CT molecular complexity index is 842. The zero-order valence-corrected chi connectivity index (χ0v) is 16.2. The van der Waals surface area contributed by atoms with Crippen LogP contribution in [0.2, 0.25) is 0 Å². The highest BCUT2D eigenvalue weighted by Crippen LogP contribution is 2.48. The third-order valence-electron chi connectivity index (χ3n) is 4.56. The lowest BCUT2D eigenvalue weighted by molar-refractivity contribution is 0.0963. The highest BCUT2D eigenvalue weighted by Gasteiger charge is 2.37. The lowest BCUT2D eigenvalue weighted by Crippen LogP contribution is -2.28. The highest BCUT2D eigenvalue weighted by atomic mass is 32.2.